The van der Waals surface area contributed by atoms with E-state index in [2.05, 4.69) is 20.8 Å². The summed E-state index contributed by atoms with van der Waals surface area (Å²) in [5, 5.41) is 0. The van der Waals surface area contributed by atoms with Crippen LogP contribution in [0.2, 0.25) is 0 Å². The molecule has 3 aromatic carbocycles. The normalized spacial score (nSPS) is 11.6. The van der Waals surface area contributed by atoms with E-state index in [-0.39, 0.29) is 31.8 Å². The fourth-order valence-corrected chi connectivity index (χ4v) is 9.33. The third-order valence-electron chi connectivity index (χ3n) is 12.1. The molecule has 0 saturated heterocycles. The van der Waals surface area contributed by atoms with Gasteiger partial charge >= 0.3 is 17.1 Å². The van der Waals surface area contributed by atoms with E-state index in [9.17, 15) is 38.9 Å². The van der Waals surface area contributed by atoms with E-state index < -0.39 is 30.4 Å². The van der Waals surface area contributed by atoms with Crippen LogP contribution < -0.4 is 0 Å². The second-order valence-electron chi connectivity index (χ2n) is 18.1. The summed E-state index contributed by atoms with van der Waals surface area (Å²) in [4.78, 5) is -0.419. The molecule has 0 atom stereocenters. The predicted octanol–water partition coefficient (Wildman–Crippen LogP) is 15.2. The van der Waals surface area contributed by atoms with Crippen molar-refractivity contribution in [1.29, 1.82) is 0 Å². The summed E-state index contributed by atoms with van der Waals surface area (Å²) in [6.45, 7) is 6.73. The third kappa shape index (κ3) is 36.5. The molecule has 3 aromatic rings. The second kappa shape index (κ2) is 40.6. The Bertz CT molecular complexity index is 1710. The first-order valence-electron chi connectivity index (χ1n) is 25.8. The Morgan fingerprint density at radius 3 is 0.567 bits per heavy atom. The molecule has 0 fully saturated rings. The molecule has 0 aliphatic carbocycles. The van der Waals surface area contributed by atoms with Crippen LogP contribution in [-0.4, -0.2) is 38.9 Å². The molecule has 9 nitrogen and oxygen atoms in total. The van der Waals surface area contributed by atoms with E-state index in [0.717, 1.165) is 55.2 Å². The quantitative estimate of drug-likeness (QED) is 0.0312. The van der Waals surface area contributed by atoms with E-state index in [1.807, 2.05) is 0 Å². The Balaban J connectivity index is 0.000000968. The molecule has 3 rings (SSSR count). The average molecular weight is 1030 g/mol. The maximum Gasteiger partial charge on any atom is 3.00 e. The molecule has 0 bridgehead atoms. The van der Waals surface area contributed by atoms with Gasteiger partial charge in [-0.05, 0) is 91.6 Å². The molecule has 1 radical (unpaired) electrons. The average Bonchev–Trinajstić information content (AvgIpc) is 3.28. The predicted molar refractivity (Wildman–Crippen MR) is 270 cm³/mol. The van der Waals surface area contributed by atoms with Gasteiger partial charge in [-0.25, -0.2) is 25.3 Å². The van der Waals surface area contributed by atoms with Crippen molar-refractivity contribution in [3.8, 4) is 0 Å². The van der Waals surface area contributed by atoms with Crippen molar-refractivity contribution in [2.24, 2.45) is 0 Å². The number of benzene rings is 3. The fourth-order valence-electron chi connectivity index (χ4n) is 7.92. The van der Waals surface area contributed by atoms with E-state index in [1.54, 1.807) is 36.4 Å². The summed E-state index contributed by atoms with van der Waals surface area (Å²) in [5.41, 5.74) is 3.31. The number of hydrogen-bond acceptors (Lipinski definition) is 9. The van der Waals surface area contributed by atoms with Gasteiger partial charge in [0.25, 0.3) is 0 Å². The van der Waals surface area contributed by atoms with Gasteiger partial charge in [-0.3, -0.25) is 0 Å². The number of aryl methyl sites for hydroxylation is 3. The largest absolute Gasteiger partial charge is 3.00 e. The van der Waals surface area contributed by atoms with Crippen LogP contribution in [0.4, 0.5) is 0 Å². The van der Waals surface area contributed by atoms with E-state index in [1.165, 1.54) is 210 Å². The summed E-state index contributed by atoms with van der Waals surface area (Å²) < 4.78 is 97.5. The minimum absolute atomic E-state index is 0. The van der Waals surface area contributed by atoms with Crippen molar-refractivity contribution in [3.05, 3.63) is 89.5 Å². The van der Waals surface area contributed by atoms with Crippen LogP contribution in [0.1, 0.15) is 230 Å². The summed E-state index contributed by atoms with van der Waals surface area (Å²) in [6, 6.07) is 19.0. The van der Waals surface area contributed by atoms with Crippen molar-refractivity contribution in [1.82, 2.24) is 0 Å². The fraction of sp³-hybridized carbons (Fsp3) is 0.667. The molecule has 0 amide bonds. The molecule has 0 aliphatic heterocycles. The van der Waals surface area contributed by atoms with Crippen LogP contribution in [0.3, 0.4) is 0 Å². The number of hydrogen-bond donors (Lipinski definition) is 0. The summed E-state index contributed by atoms with van der Waals surface area (Å²) in [6.07, 6.45) is 42.1. The molecule has 0 aromatic heterocycles. The van der Waals surface area contributed by atoms with Crippen LogP contribution in [-0.2, 0) is 66.7 Å². The van der Waals surface area contributed by atoms with Gasteiger partial charge in [0.2, 0.25) is 0 Å². The van der Waals surface area contributed by atoms with Crippen LogP contribution >= 0.6 is 0 Å². The molecule has 0 spiro atoms. The van der Waals surface area contributed by atoms with Gasteiger partial charge < -0.3 is 13.7 Å². The van der Waals surface area contributed by atoms with Crippen molar-refractivity contribution < 1.29 is 56.0 Å². The van der Waals surface area contributed by atoms with Gasteiger partial charge in [-0.1, -0.05) is 231 Å². The van der Waals surface area contributed by atoms with Crippen LogP contribution in [0.25, 0.3) is 0 Å². The SMILES string of the molecule is CCCCCCCCCCCCc1ccc(S(=O)(=O)[O-])cc1.CCCCCCCCCCCCc1ccc(S(=O)(=O)[O-])cc1.CCCCCCCCCCCCc1ccc(S(=O)(=O)[O-])cc1.[Fe+3]. The van der Waals surface area contributed by atoms with Crippen molar-refractivity contribution >= 4 is 30.4 Å². The topological polar surface area (TPSA) is 172 Å². The van der Waals surface area contributed by atoms with Crippen molar-refractivity contribution in [2.45, 2.75) is 247 Å². The Morgan fingerprint density at radius 1 is 0.269 bits per heavy atom. The first kappa shape index (κ1) is 64.9. The van der Waals surface area contributed by atoms with E-state index >= 15 is 0 Å². The molecule has 383 valence electrons. The minimum Gasteiger partial charge on any atom is -0.744 e. The number of unbranched alkanes of at least 4 members (excludes halogenated alkanes) is 27. The van der Waals surface area contributed by atoms with Gasteiger partial charge in [0, 0.05) is 0 Å². The minimum atomic E-state index is -4.31. The van der Waals surface area contributed by atoms with E-state index in [4.69, 9.17) is 0 Å². The monoisotopic (exact) mass is 1030 g/mol. The standard InChI is InChI=1S/3C18H30O3S.Fe/c3*1-2-3-4-5-6-7-8-9-10-11-12-17-13-15-18(16-14-17)22(19,20)21;/h3*13-16H,2-12H2,1H3,(H,19,20,21);/q;;;+3/p-3. The summed E-state index contributed by atoms with van der Waals surface area (Å²) in [5.74, 6) is 0. The molecular weight excluding hydrogens is 945 g/mol. The first-order valence-corrected chi connectivity index (χ1v) is 30.0. The van der Waals surface area contributed by atoms with Crippen molar-refractivity contribution in [3.63, 3.8) is 0 Å². The van der Waals surface area contributed by atoms with E-state index in [0.29, 0.717) is 0 Å². The van der Waals surface area contributed by atoms with Gasteiger partial charge in [-0.2, -0.15) is 0 Å². The summed E-state index contributed by atoms with van der Waals surface area (Å²) in [7, 11) is -12.9. The summed E-state index contributed by atoms with van der Waals surface area (Å²) >= 11 is 0. The molecule has 0 heterocycles. The molecular formula is C54H87FeO9S3. The Hall–Kier alpha value is -2.09. The molecule has 0 unspecified atom stereocenters. The van der Waals surface area contributed by atoms with Crippen LogP contribution in [0.5, 0.6) is 0 Å². The van der Waals surface area contributed by atoms with Gasteiger partial charge in [0.15, 0.2) is 0 Å². The Morgan fingerprint density at radius 2 is 0.418 bits per heavy atom. The number of rotatable bonds is 36. The Kier molecular flexibility index (Phi) is 39.4. The first-order chi connectivity index (χ1) is 31.6. The van der Waals surface area contributed by atoms with Gasteiger partial charge in [0.1, 0.15) is 30.4 Å². The zero-order chi connectivity index (χ0) is 48.8. The molecule has 67 heavy (non-hydrogen) atoms. The molecule has 0 aliphatic rings. The zero-order valence-electron chi connectivity index (χ0n) is 41.5. The second-order valence-corrected chi connectivity index (χ2v) is 22.2. The van der Waals surface area contributed by atoms with Crippen LogP contribution in [0.15, 0.2) is 87.5 Å². The molecule has 0 N–H and O–H groups in total. The van der Waals surface area contributed by atoms with Crippen molar-refractivity contribution in [2.75, 3.05) is 0 Å². The molecule has 0 saturated carbocycles. The van der Waals surface area contributed by atoms with Crippen LogP contribution in [0, 0.1) is 0 Å². The smallest absolute Gasteiger partial charge is 0.744 e. The van der Waals surface area contributed by atoms with Gasteiger partial charge in [-0.15, -0.1) is 0 Å². The maximum absolute atomic E-state index is 10.8. The zero-order valence-corrected chi connectivity index (χ0v) is 45.1. The Labute approximate surface area is 420 Å². The van der Waals surface area contributed by atoms with Gasteiger partial charge in [0.05, 0.1) is 14.7 Å². The maximum atomic E-state index is 10.8. The molecule has 13 heteroatoms. The third-order valence-corrected chi connectivity index (χ3v) is 14.6.